The summed E-state index contributed by atoms with van der Waals surface area (Å²) < 4.78 is 8.85. The third-order valence-corrected chi connectivity index (χ3v) is 10.8. The molecule has 230 valence electrons. The molecule has 0 radical (unpaired) electrons. The Hall–Kier alpha value is -6.16. The maximum absolute atomic E-state index is 6.23. The second-order valence-electron chi connectivity index (χ2n) is 12.5. The van der Waals surface area contributed by atoms with Crippen LogP contribution < -0.4 is 4.90 Å². The third-order valence-electron chi connectivity index (χ3n) is 9.68. The van der Waals surface area contributed by atoms with Gasteiger partial charge in [0.2, 0.25) is 0 Å². The smallest absolute Gasteiger partial charge is 0.136 e. The van der Waals surface area contributed by atoms with Crippen molar-refractivity contribution in [2.75, 3.05) is 4.90 Å². The van der Waals surface area contributed by atoms with E-state index < -0.39 is 0 Å². The average molecular weight is 644 g/mol. The zero-order chi connectivity index (χ0) is 32.3. The summed E-state index contributed by atoms with van der Waals surface area (Å²) in [5.74, 6) is 0. The van der Waals surface area contributed by atoms with Crippen LogP contribution in [0.25, 0.3) is 75.1 Å². The van der Waals surface area contributed by atoms with Crippen molar-refractivity contribution in [3.63, 3.8) is 0 Å². The normalized spacial score (nSPS) is 11.7. The molecule has 0 aliphatic carbocycles. The largest absolute Gasteiger partial charge is 0.456 e. The van der Waals surface area contributed by atoms with Crippen LogP contribution in [-0.4, -0.2) is 0 Å². The van der Waals surface area contributed by atoms with Gasteiger partial charge < -0.3 is 9.32 Å². The number of benzene rings is 8. The van der Waals surface area contributed by atoms with E-state index in [1.165, 1.54) is 47.6 Å². The van der Waals surface area contributed by atoms with Gasteiger partial charge in [-0.1, -0.05) is 121 Å². The summed E-state index contributed by atoms with van der Waals surface area (Å²) in [6.45, 7) is 0. The van der Waals surface area contributed by atoms with Gasteiger partial charge in [0.15, 0.2) is 0 Å². The molecule has 0 saturated heterocycles. The molecule has 0 N–H and O–H groups in total. The molecule has 0 spiro atoms. The highest BCUT2D eigenvalue weighted by Gasteiger charge is 2.20. The van der Waals surface area contributed by atoms with Gasteiger partial charge in [-0.2, -0.15) is 0 Å². The first-order chi connectivity index (χ1) is 24.3. The van der Waals surface area contributed by atoms with E-state index in [1.807, 2.05) is 23.5 Å². The Morgan fingerprint density at radius 3 is 1.96 bits per heavy atom. The molecule has 0 aliphatic rings. The summed E-state index contributed by atoms with van der Waals surface area (Å²) in [6, 6.07) is 63.3. The fourth-order valence-corrected chi connectivity index (χ4v) is 8.51. The van der Waals surface area contributed by atoms with E-state index in [9.17, 15) is 0 Å². The van der Waals surface area contributed by atoms with Gasteiger partial charge in [0.05, 0.1) is 11.4 Å². The van der Waals surface area contributed by atoms with Gasteiger partial charge in [-0.05, 0) is 76.7 Å². The highest BCUT2D eigenvalue weighted by atomic mass is 32.1. The molecule has 0 aliphatic heterocycles. The van der Waals surface area contributed by atoms with Crippen molar-refractivity contribution in [1.29, 1.82) is 0 Å². The first kappa shape index (κ1) is 27.9. The van der Waals surface area contributed by atoms with Crippen LogP contribution in [0.1, 0.15) is 0 Å². The number of rotatable bonds is 5. The number of furan rings is 1. The lowest BCUT2D eigenvalue weighted by Gasteiger charge is -2.29. The van der Waals surface area contributed by atoms with Crippen LogP contribution in [-0.2, 0) is 0 Å². The Bertz CT molecular complexity index is 2840. The minimum atomic E-state index is 0.907. The lowest BCUT2D eigenvalue weighted by molar-refractivity contribution is 0.669. The lowest BCUT2D eigenvalue weighted by atomic mass is 9.97. The van der Waals surface area contributed by atoms with E-state index in [-0.39, 0.29) is 0 Å². The predicted octanol–water partition coefficient (Wildman–Crippen LogP) is 13.9. The fraction of sp³-hybridized carbons (Fsp3) is 0. The quantitative estimate of drug-likeness (QED) is 0.186. The second kappa shape index (κ2) is 11.2. The van der Waals surface area contributed by atoms with E-state index in [2.05, 4.69) is 169 Å². The van der Waals surface area contributed by atoms with Gasteiger partial charge in [-0.25, -0.2) is 0 Å². The molecule has 0 saturated carbocycles. The molecule has 2 heterocycles. The van der Waals surface area contributed by atoms with E-state index >= 15 is 0 Å². The Morgan fingerprint density at radius 2 is 1.04 bits per heavy atom. The summed E-state index contributed by atoms with van der Waals surface area (Å²) in [5.41, 5.74) is 9.90. The molecule has 0 unspecified atom stereocenters. The first-order valence-electron chi connectivity index (χ1n) is 16.6. The predicted molar refractivity (Wildman–Crippen MR) is 210 cm³/mol. The van der Waals surface area contributed by atoms with Crippen LogP contribution in [0.5, 0.6) is 0 Å². The molecule has 49 heavy (non-hydrogen) atoms. The highest BCUT2D eigenvalue weighted by molar-refractivity contribution is 7.25. The molecule has 8 aromatic carbocycles. The fourth-order valence-electron chi connectivity index (χ4n) is 7.42. The maximum Gasteiger partial charge on any atom is 0.136 e. The summed E-state index contributed by atoms with van der Waals surface area (Å²) in [7, 11) is 0. The topological polar surface area (TPSA) is 16.4 Å². The van der Waals surface area contributed by atoms with Crippen LogP contribution in [0.15, 0.2) is 180 Å². The molecular formula is C46H29NOS. The van der Waals surface area contributed by atoms with Gasteiger partial charge >= 0.3 is 0 Å². The molecule has 0 amide bonds. The molecule has 2 aromatic heterocycles. The summed E-state index contributed by atoms with van der Waals surface area (Å²) in [5, 5.41) is 7.32. The van der Waals surface area contributed by atoms with Crippen LogP contribution in [0, 0.1) is 0 Å². The number of hydrogen-bond donors (Lipinski definition) is 0. The van der Waals surface area contributed by atoms with Crippen molar-refractivity contribution < 1.29 is 4.42 Å². The SMILES string of the molecule is c1ccc(N(c2ccc(-c3cccc4oc5ccccc5c34)cc2)c2cccc3ccccc23)c(-c2ccc3sc4ccccc4c3c2)c1. The van der Waals surface area contributed by atoms with Gasteiger partial charge in [-0.15, -0.1) is 11.3 Å². The summed E-state index contributed by atoms with van der Waals surface area (Å²) >= 11 is 1.86. The molecule has 0 fully saturated rings. The van der Waals surface area contributed by atoms with E-state index in [0.717, 1.165) is 44.6 Å². The molecule has 0 bridgehead atoms. The zero-order valence-corrected chi connectivity index (χ0v) is 27.3. The number of nitrogens with zero attached hydrogens (tertiary/aromatic N) is 1. The Kier molecular flexibility index (Phi) is 6.39. The molecule has 10 rings (SSSR count). The standard InChI is InChI=1S/C46H29NOS/c1-2-13-34-30(11-1)12-9-19-41(34)47(33-26-23-31(24-27-33)36-17-10-21-43-46(36)38-16-4-7-20-42(38)48-43)40-18-6-3-14-35(40)32-25-28-45-39(29-32)37-15-5-8-22-44(37)49-45/h1-29H. The second-order valence-corrected chi connectivity index (χ2v) is 13.6. The third kappa shape index (κ3) is 4.55. The average Bonchev–Trinajstić information content (AvgIpc) is 3.74. The molecule has 10 aromatic rings. The Balaban J connectivity index is 1.17. The molecule has 3 heteroatoms. The zero-order valence-electron chi connectivity index (χ0n) is 26.5. The Labute approximate surface area is 287 Å². The Morgan fingerprint density at radius 1 is 0.408 bits per heavy atom. The van der Waals surface area contributed by atoms with Crippen molar-refractivity contribution in [3.8, 4) is 22.3 Å². The number of hydrogen-bond acceptors (Lipinski definition) is 3. The van der Waals surface area contributed by atoms with Gasteiger partial charge in [0.25, 0.3) is 0 Å². The minimum absolute atomic E-state index is 0.907. The number of anilines is 3. The number of para-hydroxylation sites is 2. The first-order valence-corrected chi connectivity index (χ1v) is 17.4. The van der Waals surface area contributed by atoms with Crippen molar-refractivity contribution in [2.24, 2.45) is 0 Å². The highest BCUT2D eigenvalue weighted by Crippen LogP contribution is 2.45. The lowest BCUT2D eigenvalue weighted by Crippen LogP contribution is -2.11. The van der Waals surface area contributed by atoms with Gasteiger partial charge in [0.1, 0.15) is 11.2 Å². The van der Waals surface area contributed by atoms with Crippen LogP contribution in [0.2, 0.25) is 0 Å². The number of thiophene rings is 1. The van der Waals surface area contributed by atoms with Gasteiger partial charge in [-0.3, -0.25) is 0 Å². The molecule has 2 nitrogen and oxygen atoms in total. The molecular weight excluding hydrogens is 615 g/mol. The van der Waals surface area contributed by atoms with Crippen LogP contribution in [0.3, 0.4) is 0 Å². The van der Waals surface area contributed by atoms with E-state index in [0.29, 0.717) is 0 Å². The van der Waals surface area contributed by atoms with Crippen molar-refractivity contribution in [3.05, 3.63) is 176 Å². The van der Waals surface area contributed by atoms with E-state index in [1.54, 1.807) is 0 Å². The molecule has 0 atom stereocenters. The van der Waals surface area contributed by atoms with Crippen LogP contribution in [0.4, 0.5) is 17.1 Å². The summed E-state index contributed by atoms with van der Waals surface area (Å²) in [4.78, 5) is 2.42. The monoisotopic (exact) mass is 643 g/mol. The van der Waals surface area contributed by atoms with Crippen molar-refractivity contribution >= 4 is 81.3 Å². The van der Waals surface area contributed by atoms with Crippen molar-refractivity contribution in [1.82, 2.24) is 0 Å². The summed E-state index contributed by atoms with van der Waals surface area (Å²) in [6.07, 6.45) is 0. The van der Waals surface area contributed by atoms with Crippen LogP contribution >= 0.6 is 11.3 Å². The number of fused-ring (bicyclic) bond motifs is 7. The minimum Gasteiger partial charge on any atom is -0.456 e. The van der Waals surface area contributed by atoms with Gasteiger partial charge in [0, 0.05) is 47.6 Å². The van der Waals surface area contributed by atoms with Crippen molar-refractivity contribution in [2.45, 2.75) is 0 Å². The maximum atomic E-state index is 6.23. The van der Waals surface area contributed by atoms with E-state index in [4.69, 9.17) is 4.42 Å².